The summed E-state index contributed by atoms with van der Waals surface area (Å²) in [5.74, 6) is -3.68. The highest BCUT2D eigenvalue weighted by Gasteiger charge is 2.64. The van der Waals surface area contributed by atoms with E-state index in [0.717, 1.165) is 0 Å². The predicted molar refractivity (Wildman–Crippen MR) is 138 cm³/mol. The smallest absolute Gasteiger partial charge is 0.408 e. The van der Waals surface area contributed by atoms with Crippen molar-refractivity contribution in [2.45, 2.75) is 64.6 Å². The van der Waals surface area contributed by atoms with Gasteiger partial charge in [-0.3, -0.25) is 9.59 Å². The van der Waals surface area contributed by atoms with Crippen molar-refractivity contribution >= 4 is 29.9 Å². The molecule has 1 aliphatic heterocycles. The fourth-order valence-electron chi connectivity index (χ4n) is 4.13. The quantitative estimate of drug-likeness (QED) is 0.335. The maximum absolute atomic E-state index is 15.6. The number of hydrogen-bond acceptors (Lipinski definition) is 7. The van der Waals surface area contributed by atoms with Gasteiger partial charge in [0.15, 0.2) is 5.54 Å². The Morgan fingerprint density at radius 2 is 1.31 bits per heavy atom. The first-order chi connectivity index (χ1) is 18.1. The van der Waals surface area contributed by atoms with Crippen molar-refractivity contribution in [2.24, 2.45) is 0 Å². The van der Waals surface area contributed by atoms with Crippen molar-refractivity contribution < 1.29 is 37.8 Å². The summed E-state index contributed by atoms with van der Waals surface area (Å²) < 4.78 is 25.9. The fourth-order valence-corrected chi connectivity index (χ4v) is 4.13. The van der Waals surface area contributed by atoms with Gasteiger partial charge in [0.2, 0.25) is 0 Å². The predicted octanol–water partition coefficient (Wildman–Crippen LogP) is 3.88. The Bertz CT molecular complexity index is 1210. The first kappa shape index (κ1) is 29.3. The van der Waals surface area contributed by atoms with Crippen LogP contribution in [0.4, 0.5) is 14.0 Å². The van der Waals surface area contributed by atoms with Gasteiger partial charge in [-0.25, -0.2) is 28.6 Å². The molecule has 11 heteroatoms. The molecule has 1 heterocycles. The van der Waals surface area contributed by atoms with E-state index in [-0.39, 0.29) is 16.0 Å². The molecule has 5 amide bonds. The summed E-state index contributed by atoms with van der Waals surface area (Å²) in [4.78, 5) is 67.0. The van der Waals surface area contributed by atoms with Crippen molar-refractivity contribution in [2.75, 3.05) is 6.54 Å². The number of nitrogens with zero attached hydrogens (tertiary/aromatic N) is 2. The third-order valence-electron chi connectivity index (χ3n) is 5.50. The summed E-state index contributed by atoms with van der Waals surface area (Å²) in [7, 11) is 0. The van der Waals surface area contributed by atoms with Crippen LogP contribution < -0.4 is 5.32 Å². The van der Waals surface area contributed by atoms with E-state index in [0.29, 0.717) is 4.90 Å². The third kappa shape index (κ3) is 6.08. The van der Waals surface area contributed by atoms with E-state index >= 15 is 4.39 Å². The number of ether oxygens (including phenoxy) is 2. The molecular weight excluding hydrogens is 509 g/mol. The van der Waals surface area contributed by atoms with Gasteiger partial charge in [-0.15, -0.1) is 0 Å². The minimum Gasteiger partial charge on any atom is -0.456 e. The van der Waals surface area contributed by atoms with E-state index in [1.807, 2.05) is 0 Å². The Labute approximate surface area is 226 Å². The lowest BCUT2D eigenvalue weighted by molar-refractivity contribution is -0.169. The highest BCUT2D eigenvalue weighted by molar-refractivity contribution is 6.17. The highest BCUT2D eigenvalue weighted by atomic mass is 19.1. The third-order valence-corrected chi connectivity index (χ3v) is 5.50. The molecule has 0 radical (unpaired) electrons. The van der Waals surface area contributed by atoms with Crippen LogP contribution in [-0.4, -0.2) is 63.8 Å². The molecule has 0 spiro atoms. The molecule has 0 bridgehead atoms. The summed E-state index contributed by atoms with van der Waals surface area (Å²) in [5, 5.41) is 2.27. The Morgan fingerprint density at radius 3 is 1.74 bits per heavy atom. The Morgan fingerprint density at radius 1 is 0.846 bits per heavy atom. The number of urea groups is 1. The molecule has 0 aliphatic carbocycles. The Kier molecular flexibility index (Phi) is 8.13. The van der Waals surface area contributed by atoms with Gasteiger partial charge in [0.1, 0.15) is 17.7 Å². The van der Waals surface area contributed by atoms with E-state index in [1.54, 1.807) is 57.2 Å². The van der Waals surface area contributed by atoms with Crippen LogP contribution in [0.3, 0.4) is 0 Å². The number of esters is 1. The second kappa shape index (κ2) is 10.8. The van der Waals surface area contributed by atoms with Crippen LogP contribution >= 0.6 is 0 Å². The van der Waals surface area contributed by atoms with Gasteiger partial charge in [0.25, 0.3) is 18.1 Å². The molecule has 1 unspecified atom stereocenters. The summed E-state index contributed by atoms with van der Waals surface area (Å²) in [6, 6.07) is 14.3. The van der Waals surface area contributed by atoms with Crippen molar-refractivity contribution in [3.8, 4) is 0 Å². The zero-order valence-electron chi connectivity index (χ0n) is 22.7. The summed E-state index contributed by atoms with van der Waals surface area (Å²) in [6.45, 7) is 8.63. The van der Waals surface area contributed by atoms with E-state index in [1.165, 1.54) is 45.0 Å². The molecule has 2 aromatic rings. The van der Waals surface area contributed by atoms with Crippen LogP contribution in [0.15, 0.2) is 60.7 Å². The number of nitrogens with one attached hydrogen (secondary N) is 1. The van der Waals surface area contributed by atoms with Crippen LogP contribution in [0, 0.1) is 0 Å². The molecule has 1 atom stereocenters. The normalized spacial score (nSPS) is 16.1. The first-order valence-electron chi connectivity index (χ1n) is 12.2. The average Bonchev–Trinajstić information content (AvgIpc) is 3.08. The molecule has 2 aromatic carbocycles. The molecule has 0 aromatic heterocycles. The van der Waals surface area contributed by atoms with Crippen LogP contribution in [0.25, 0.3) is 0 Å². The standard InChI is InChI=1S/C28H32FN3O7/c1-26(2,3)38-22(34)21(29)31-23(35)28(18-13-9-7-10-14-18,19-15-11-8-12-16-19)32(25(31)37)20(33)17-30-24(36)39-27(4,5)6/h7-16,21H,17H2,1-6H3,(H,30,36). The van der Waals surface area contributed by atoms with E-state index < -0.39 is 59.5 Å². The zero-order valence-corrected chi connectivity index (χ0v) is 22.7. The van der Waals surface area contributed by atoms with Gasteiger partial charge < -0.3 is 14.8 Å². The number of carbonyl (C=O) groups is 5. The zero-order chi connectivity index (χ0) is 29.2. The van der Waals surface area contributed by atoms with E-state index in [9.17, 15) is 24.0 Å². The fraction of sp³-hybridized carbons (Fsp3) is 0.393. The second-order valence-electron chi connectivity index (χ2n) is 10.9. The molecule has 3 rings (SSSR count). The number of rotatable bonds is 6. The lowest BCUT2D eigenvalue weighted by Gasteiger charge is -2.35. The van der Waals surface area contributed by atoms with Crippen molar-refractivity contribution in [1.82, 2.24) is 15.1 Å². The number of imide groups is 2. The first-order valence-corrected chi connectivity index (χ1v) is 12.2. The van der Waals surface area contributed by atoms with Gasteiger partial charge in [-0.05, 0) is 52.7 Å². The number of alkyl halides is 1. The number of halogens is 1. The van der Waals surface area contributed by atoms with E-state index in [4.69, 9.17) is 9.47 Å². The number of alkyl carbamates (subject to hydrolysis) is 1. The topological polar surface area (TPSA) is 122 Å². The summed E-state index contributed by atoms with van der Waals surface area (Å²) >= 11 is 0. The molecule has 1 fully saturated rings. The maximum atomic E-state index is 15.6. The number of benzene rings is 2. The molecule has 39 heavy (non-hydrogen) atoms. The Hall–Kier alpha value is -4.28. The second-order valence-corrected chi connectivity index (χ2v) is 10.9. The highest BCUT2D eigenvalue weighted by Crippen LogP contribution is 2.44. The van der Waals surface area contributed by atoms with Gasteiger partial charge in [0.05, 0.1) is 0 Å². The monoisotopic (exact) mass is 541 g/mol. The average molecular weight is 542 g/mol. The molecule has 0 saturated carbocycles. The summed E-state index contributed by atoms with van der Waals surface area (Å²) in [6.07, 6.45) is -3.78. The van der Waals surface area contributed by atoms with Crippen LogP contribution in [0.1, 0.15) is 52.7 Å². The minimum absolute atomic E-state index is 0.0828. The number of carbonyl (C=O) groups excluding carboxylic acids is 5. The molecule has 1 N–H and O–H groups in total. The summed E-state index contributed by atoms with van der Waals surface area (Å²) in [5.41, 5.74) is -3.83. The van der Waals surface area contributed by atoms with Crippen molar-refractivity contribution in [3.63, 3.8) is 0 Å². The molecule has 10 nitrogen and oxygen atoms in total. The van der Waals surface area contributed by atoms with Crippen LogP contribution in [0.2, 0.25) is 0 Å². The molecule has 208 valence electrons. The van der Waals surface area contributed by atoms with Gasteiger partial charge in [0, 0.05) is 0 Å². The minimum atomic E-state index is -2.84. The van der Waals surface area contributed by atoms with Crippen LogP contribution in [0.5, 0.6) is 0 Å². The lowest BCUT2D eigenvalue weighted by atomic mass is 9.81. The lowest BCUT2D eigenvalue weighted by Crippen LogP contribution is -2.53. The molecule has 1 aliphatic rings. The largest absolute Gasteiger partial charge is 0.456 e. The molecular formula is C28H32FN3O7. The maximum Gasteiger partial charge on any atom is 0.408 e. The SMILES string of the molecule is CC(C)(C)OC(=O)NCC(=O)N1C(=O)N(C(F)C(=O)OC(C)(C)C)C(=O)C1(c1ccccc1)c1ccccc1. The van der Waals surface area contributed by atoms with Gasteiger partial charge in [-0.2, -0.15) is 0 Å². The van der Waals surface area contributed by atoms with E-state index in [2.05, 4.69) is 5.32 Å². The molecule has 1 saturated heterocycles. The van der Waals surface area contributed by atoms with Crippen molar-refractivity contribution in [3.05, 3.63) is 71.8 Å². The van der Waals surface area contributed by atoms with Gasteiger partial charge in [-0.1, -0.05) is 60.7 Å². The number of amides is 5. The van der Waals surface area contributed by atoms with Gasteiger partial charge >= 0.3 is 18.1 Å². The van der Waals surface area contributed by atoms with Crippen LogP contribution in [-0.2, 0) is 29.4 Å². The van der Waals surface area contributed by atoms with Crippen molar-refractivity contribution in [1.29, 1.82) is 0 Å². The Balaban J connectivity index is 2.15. The number of hydrogen-bond donors (Lipinski definition) is 1.